The van der Waals surface area contributed by atoms with Gasteiger partial charge in [0.15, 0.2) is 17.5 Å². The van der Waals surface area contributed by atoms with Crippen LogP contribution in [0.4, 0.5) is 0 Å². The molecule has 2 aromatic heterocycles. The van der Waals surface area contributed by atoms with Crippen LogP contribution in [0.25, 0.3) is 105 Å². The van der Waals surface area contributed by atoms with Gasteiger partial charge < -0.3 is 4.57 Å². The average Bonchev–Trinajstić information content (AvgIpc) is 3.59. The van der Waals surface area contributed by atoms with Gasteiger partial charge in [-0.3, -0.25) is 0 Å². The molecule has 0 aliphatic carbocycles. The van der Waals surface area contributed by atoms with Crippen molar-refractivity contribution in [2.45, 2.75) is 0 Å². The van der Waals surface area contributed by atoms with E-state index in [1.165, 1.54) is 32.5 Å². The number of hydrogen-bond acceptors (Lipinski definition) is 3. The monoisotopic (exact) mass is 700 g/mol. The predicted molar refractivity (Wildman–Crippen MR) is 228 cm³/mol. The Hall–Kier alpha value is -7.43. The molecule has 4 heteroatoms. The van der Waals surface area contributed by atoms with E-state index in [0.29, 0.717) is 17.5 Å². The number of rotatable bonds is 5. The zero-order valence-corrected chi connectivity index (χ0v) is 29.8. The second-order valence-corrected chi connectivity index (χ2v) is 14.0. The van der Waals surface area contributed by atoms with Crippen LogP contribution >= 0.6 is 0 Å². The Labute approximate surface area is 317 Å². The molecular formula is C51H32N4. The maximum Gasteiger partial charge on any atom is 0.165 e. The largest absolute Gasteiger partial charge is 0.309 e. The van der Waals surface area contributed by atoms with Gasteiger partial charge in [0.05, 0.1) is 11.0 Å². The summed E-state index contributed by atoms with van der Waals surface area (Å²) in [5, 5.41) is 9.33. The van der Waals surface area contributed by atoms with E-state index < -0.39 is 0 Å². The van der Waals surface area contributed by atoms with Crippen molar-refractivity contribution in [2.24, 2.45) is 0 Å². The van der Waals surface area contributed by atoms with Crippen LogP contribution in [0.2, 0.25) is 0 Å². The molecule has 11 rings (SSSR count). The molecule has 0 N–H and O–H groups in total. The first-order valence-corrected chi connectivity index (χ1v) is 18.6. The molecule has 9 aromatic carbocycles. The summed E-state index contributed by atoms with van der Waals surface area (Å²) >= 11 is 0. The summed E-state index contributed by atoms with van der Waals surface area (Å²) in [5.74, 6) is 1.90. The molecule has 0 fully saturated rings. The van der Waals surface area contributed by atoms with Gasteiger partial charge in [-0.1, -0.05) is 164 Å². The fourth-order valence-electron chi connectivity index (χ4n) is 8.21. The second kappa shape index (κ2) is 12.6. The van der Waals surface area contributed by atoms with Gasteiger partial charge in [-0.25, -0.2) is 15.0 Å². The molecule has 0 spiro atoms. The van der Waals surface area contributed by atoms with Gasteiger partial charge in [-0.15, -0.1) is 0 Å². The van der Waals surface area contributed by atoms with E-state index in [-0.39, 0.29) is 0 Å². The van der Waals surface area contributed by atoms with Crippen LogP contribution in [-0.2, 0) is 0 Å². The minimum Gasteiger partial charge on any atom is -0.309 e. The lowest BCUT2D eigenvalue weighted by atomic mass is 9.93. The highest BCUT2D eigenvalue weighted by atomic mass is 15.0. The van der Waals surface area contributed by atoms with E-state index in [0.717, 1.165) is 55.1 Å². The zero-order chi connectivity index (χ0) is 36.3. The van der Waals surface area contributed by atoms with Gasteiger partial charge in [0.2, 0.25) is 0 Å². The van der Waals surface area contributed by atoms with Crippen molar-refractivity contribution in [3.8, 4) is 51.0 Å². The summed E-state index contributed by atoms with van der Waals surface area (Å²) in [6, 6.07) is 68.6. The molecule has 55 heavy (non-hydrogen) atoms. The highest BCUT2D eigenvalue weighted by molar-refractivity contribution is 6.19. The lowest BCUT2D eigenvalue weighted by molar-refractivity contribution is 1.08. The number of benzene rings is 9. The van der Waals surface area contributed by atoms with Gasteiger partial charge in [-0.05, 0) is 73.8 Å². The average molecular weight is 701 g/mol. The van der Waals surface area contributed by atoms with E-state index in [4.69, 9.17) is 15.0 Å². The van der Waals surface area contributed by atoms with Crippen LogP contribution in [0.5, 0.6) is 0 Å². The van der Waals surface area contributed by atoms with Crippen molar-refractivity contribution in [3.63, 3.8) is 0 Å². The summed E-state index contributed by atoms with van der Waals surface area (Å²) in [4.78, 5) is 15.9. The molecule has 0 unspecified atom stereocenters. The summed E-state index contributed by atoms with van der Waals surface area (Å²) in [5.41, 5.74) is 8.54. The first-order chi connectivity index (χ1) is 27.3. The van der Waals surface area contributed by atoms with E-state index in [1.807, 2.05) is 6.07 Å². The lowest BCUT2D eigenvalue weighted by Crippen LogP contribution is -2.01. The van der Waals surface area contributed by atoms with Gasteiger partial charge in [0, 0.05) is 33.2 Å². The van der Waals surface area contributed by atoms with Crippen LogP contribution in [0.1, 0.15) is 0 Å². The summed E-state index contributed by atoms with van der Waals surface area (Å²) < 4.78 is 2.34. The fourth-order valence-corrected chi connectivity index (χ4v) is 8.21. The topological polar surface area (TPSA) is 43.6 Å². The number of nitrogens with zero attached hydrogens (tertiary/aromatic N) is 4. The third kappa shape index (κ3) is 5.19. The minimum atomic E-state index is 0.626. The van der Waals surface area contributed by atoms with Crippen molar-refractivity contribution in [1.82, 2.24) is 19.5 Å². The Morgan fingerprint density at radius 1 is 0.291 bits per heavy atom. The third-order valence-corrected chi connectivity index (χ3v) is 10.8. The van der Waals surface area contributed by atoms with Gasteiger partial charge in [-0.2, -0.15) is 0 Å². The maximum atomic E-state index is 5.38. The number of hydrogen-bond donors (Lipinski definition) is 0. The molecule has 0 amide bonds. The molecule has 256 valence electrons. The second-order valence-electron chi connectivity index (χ2n) is 14.0. The number of para-hydroxylation sites is 2. The normalized spacial score (nSPS) is 11.6. The van der Waals surface area contributed by atoms with Crippen LogP contribution in [0.3, 0.4) is 0 Å². The minimum absolute atomic E-state index is 0.626. The summed E-state index contributed by atoms with van der Waals surface area (Å²) in [6.45, 7) is 0. The zero-order valence-electron chi connectivity index (χ0n) is 29.8. The van der Waals surface area contributed by atoms with E-state index in [9.17, 15) is 0 Å². The van der Waals surface area contributed by atoms with Crippen LogP contribution in [0.15, 0.2) is 194 Å². The standard InChI is InChI=1S/C51H32N4/c1-3-13-33(14-4-1)34-23-25-36(26-24-34)49-52-50(38-28-29-43-42-21-11-12-22-46(42)55(47(43)32-38)39-17-5-2-6-18-39)54-51(53-49)48-41-20-10-8-16-37(41)31-45-40-19-9-7-15-35(40)27-30-44(45)48/h1-32H. The Balaban J connectivity index is 1.19. The Kier molecular flexibility index (Phi) is 7.14. The summed E-state index contributed by atoms with van der Waals surface area (Å²) in [6.07, 6.45) is 0. The third-order valence-electron chi connectivity index (χ3n) is 10.8. The highest BCUT2D eigenvalue weighted by Gasteiger charge is 2.20. The van der Waals surface area contributed by atoms with E-state index in [1.54, 1.807) is 0 Å². The smallest absolute Gasteiger partial charge is 0.165 e. The van der Waals surface area contributed by atoms with Gasteiger partial charge in [0.25, 0.3) is 0 Å². The molecule has 4 nitrogen and oxygen atoms in total. The van der Waals surface area contributed by atoms with Crippen LogP contribution in [-0.4, -0.2) is 19.5 Å². The molecule has 0 aliphatic heterocycles. The fraction of sp³-hybridized carbons (Fsp3) is 0. The van der Waals surface area contributed by atoms with Gasteiger partial charge >= 0.3 is 0 Å². The van der Waals surface area contributed by atoms with Gasteiger partial charge in [0.1, 0.15) is 0 Å². The van der Waals surface area contributed by atoms with Crippen LogP contribution < -0.4 is 0 Å². The number of fused-ring (bicyclic) bond motifs is 7. The molecule has 0 radical (unpaired) electrons. The maximum absolute atomic E-state index is 5.38. The van der Waals surface area contributed by atoms with Crippen molar-refractivity contribution in [3.05, 3.63) is 194 Å². The highest BCUT2D eigenvalue weighted by Crippen LogP contribution is 2.40. The first kappa shape index (κ1) is 31.1. The molecule has 0 aliphatic rings. The molecule has 0 saturated heterocycles. The Morgan fingerprint density at radius 2 is 0.836 bits per heavy atom. The van der Waals surface area contributed by atoms with Crippen LogP contribution in [0, 0.1) is 0 Å². The molecule has 0 saturated carbocycles. The van der Waals surface area contributed by atoms with Crippen molar-refractivity contribution < 1.29 is 0 Å². The quantitative estimate of drug-likeness (QED) is 0.133. The van der Waals surface area contributed by atoms with Crippen molar-refractivity contribution in [1.29, 1.82) is 0 Å². The van der Waals surface area contributed by atoms with E-state index >= 15 is 0 Å². The molecule has 0 atom stereocenters. The van der Waals surface area contributed by atoms with Crippen molar-refractivity contribution >= 4 is 54.1 Å². The predicted octanol–water partition coefficient (Wildman–Crippen LogP) is 13.1. The molecule has 11 aromatic rings. The molecular weight excluding hydrogens is 669 g/mol. The molecule has 2 heterocycles. The van der Waals surface area contributed by atoms with Crippen molar-refractivity contribution in [2.75, 3.05) is 0 Å². The SMILES string of the molecule is c1ccc(-c2ccc(-c3nc(-c4ccc5c6ccccc6n(-c6ccccc6)c5c4)nc(-c4c5ccccc5cc5c4ccc4ccccc45)n3)cc2)cc1. The first-order valence-electron chi connectivity index (χ1n) is 18.6. The lowest BCUT2D eigenvalue weighted by Gasteiger charge is -2.15. The number of aromatic nitrogens is 4. The Morgan fingerprint density at radius 3 is 1.64 bits per heavy atom. The Bertz CT molecular complexity index is 3240. The molecule has 0 bridgehead atoms. The summed E-state index contributed by atoms with van der Waals surface area (Å²) in [7, 11) is 0. The van der Waals surface area contributed by atoms with E-state index in [2.05, 4.69) is 193 Å².